The van der Waals surface area contributed by atoms with Crippen LogP contribution in [-0.2, 0) is 6.54 Å². The highest BCUT2D eigenvalue weighted by Gasteiger charge is 2.13. The molecule has 0 aromatic heterocycles. The molecule has 3 nitrogen and oxygen atoms in total. The number of halogens is 1. The van der Waals surface area contributed by atoms with Crippen LogP contribution in [0.1, 0.15) is 12.0 Å². The first kappa shape index (κ1) is 9.27. The molecular weight excluding hydrogens is 185 g/mol. The molecule has 1 aliphatic rings. The smallest absolute Gasteiger partial charge is 0.164 e. The van der Waals surface area contributed by atoms with Gasteiger partial charge in [0, 0.05) is 24.6 Å². The van der Waals surface area contributed by atoms with Crippen molar-refractivity contribution in [3.05, 3.63) is 23.5 Å². The Morgan fingerprint density at radius 2 is 1.86 bits per heavy atom. The van der Waals surface area contributed by atoms with Crippen molar-refractivity contribution in [2.45, 2.75) is 13.0 Å². The molecule has 14 heavy (non-hydrogen) atoms. The maximum absolute atomic E-state index is 13.3. The van der Waals surface area contributed by atoms with Gasteiger partial charge in [-0.05, 0) is 6.07 Å². The van der Waals surface area contributed by atoms with Crippen LogP contribution in [0.3, 0.4) is 0 Å². The van der Waals surface area contributed by atoms with Gasteiger partial charge in [0.15, 0.2) is 11.5 Å². The highest BCUT2D eigenvalue weighted by atomic mass is 19.1. The molecule has 0 atom stereocenters. The number of nitrogens with two attached hydrogens (primary N) is 1. The van der Waals surface area contributed by atoms with Gasteiger partial charge in [0.2, 0.25) is 0 Å². The van der Waals surface area contributed by atoms with Crippen molar-refractivity contribution in [2.24, 2.45) is 5.73 Å². The quantitative estimate of drug-likeness (QED) is 0.741. The second kappa shape index (κ2) is 3.84. The fourth-order valence-corrected chi connectivity index (χ4v) is 1.38. The molecular formula is C10H12FNO2. The summed E-state index contributed by atoms with van der Waals surface area (Å²) in [6.07, 6.45) is 0.814. The van der Waals surface area contributed by atoms with E-state index in [1.807, 2.05) is 0 Å². The summed E-state index contributed by atoms with van der Waals surface area (Å²) in [7, 11) is 0. The zero-order chi connectivity index (χ0) is 9.97. The van der Waals surface area contributed by atoms with E-state index in [4.69, 9.17) is 15.2 Å². The van der Waals surface area contributed by atoms with Gasteiger partial charge in [0.1, 0.15) is 5.82 Å². The minimum Gasteiger partial charge on any atom is -0.490 e. The van der Waals surface area contributed by atoms with Crippen molar-refractivity contribution in [1.82, 2.24) is 0 Å². The highest BCUT2D eigenvalue weighted by Crippen LogP contribution is 2.31. The first-order valence-electron chi connectivity index (χ1n) is 4.59. The molecule has 0 radical (unpaired) electrons. The number of ether oxygens (including phenoxy) is 2. The van der Waals surface area contributed by atoms with Crippen LogP contribution >= 0.6 is 0 Å². The fourth-order valence-electron chi connectivity index (χ4n) is 1.38. The summed E-state index contributed by atoms with van der Waals surface area (Å²) in [5, 5.41) is 0. The van der Waals surface area contributed by atoms with E-state index >= 15 is 0 Å². The van der Waals surface area contributed by atoms with Gasteiger partial charge >= 0.3 is 0 Å². The minimum atomic E-state index is -0.336. The lowest BCUT2D eigenvalue weighted by atomic mass is 10.2. The summed E-state index contributed by atoms with van der Waals surface area (Å²) in [5.74, 6) is 0.721. The third-order valence-electron chi connectivity index (χ3n) is 2.14. The molecule has 2 rings (SSSR count). The molecule has 0 bridgehead atoms. The van der Waals surface area contributed by atoms with Crippen LogP contribution in [0.15, 0.2) is 12.1 Å². The Morgan fingerprint density at radius 3 is 2.50 bits per heavy atom. The molecule has 0 fully saturated rings. The van der Waals surface area contributed by atoms with Crippen LogP contribution in [0.2, 0.25) is 0 Å². The summed E-state index contributed by atoms with van der Waals surface area (Å²) in [4.78, 5) is 0. The van der Waals surface area contributed by atoms with Crippen molar-refractivity contribution in [3.8, 4) is 11.5 Å². The second-order valence-corrected chi connectivity index (χ2v) is 3.14. The third kappa shape index (κ3) is 1.65. The number of hydrogen-bond donors (Lipinski definition) is 1. The van der Waals surface area contributed by atoms with Gasteiger partial charge < -0.3 is 15.2 Å². The average Bonchev–Trinajstić information content (AvgIpc) is 2.41. The Morgan fingerprint density at radius 1 is 1.21 bits per heavy atom. The summed E-state index contributed by atoms with van der Waals surface area (Å²) in [5.41, 5.74) is 5.84. The zero-order valence-electron chi connectivity index (χ0n) is 7.75. The van der Waals surface area contributed by atoms with Crippen LogP contribution < -0.4 is 15.2 Å². The standard InChI is InChI=1S/C10H12FNO2/c11-8-5-10-9(4-7(8)6-12)13-2-1-3-14-10/h4-5H,1-3,6,12H2. The van der Waals surface area contributed by atoms with E-state index < -0.39 is 0 Å². The molecule has 1 heterocycles. The van der Waals surface area contributed by atoms with E-state index in [1.54, 1.807) is 6.07 Å². The van der Waals surface area contributed by atoms with Crippen molar-refractivity contribution < 1.29 is 13.9 Å². The molecule has 1 aromatic carbocycles. The lowest BCUT2D eigenvalue weighted by molar-refractivity contribution is 0.296. The molecule has 1 aliphatic heterocycles. The number of hydrogen-bond acceptors (Lipinski definition) is 3. The Kier molecular flexibility index (Phi) is 2.54. The largest absolute Gasteiger partial charge is 0.490 e. The van der Waals surface area contributed by atoms with E-state index in [0.717, 1.165) is 6.42 Å². The van der Waals surface area contributed by atoms with Crippen molar-refractivity contribution in [3.63, 3.8) is 0 Å². The molecule has 4 heteroatoms. The van der Waals surface area contributed by atoms with E-state index in [-0.39, 0.29) is 12.4 Å². The maximum atomic E-state index is 13.3. The van der Waals surface area contributed by atoms with Gasteiger partial charge in [-0.25, -0.2) is 4.39 Å². The topological polar surface area (TPSA) is 44.5 Å². The Hall–Kier alpha value is -1.29. The molecule has 0 amide bonds. The summed E-state index contributed by atoms with van der Waals surface area (Å²) in [6, 6.07) is 2.94. The van der Waals surface area contributed by atoms with Crippen LogP contribution in [-0.4, -0.2) is 13.2 Å². The average molecular weight is 197 g/mol. The van der Waals surface area contributed by atoms with E-state index in [1.165, 1.54) is 6.07 Å². The van der Waals surface area contributed by atoms with Crippen molar-refractivity contribution >= 4 is 0 Å². The van der Waals surface area contributed by atoms with Crippen LogP contribution in [0, 0.1) is 5.82 Å². The van der Waals surface area contributed by atoms with Crippen LogP contribution in [0.25, 0.3) is 0 Å². The van der Waals surface area contributed by atoms with E-state index in [0.29, 0.717) is 30.3 Å². The molecule has 2 N–H and O–H groups in total. The second-order valence-electron chi connectivity index (χ2n) is 3.14. The van der Waals surface area contributed by atoms with Gasteiger partial charge in [-0.3, -0.25) is 0 Å². The van der Waals surface area contributed by atoms with E-state index in [2.05, 4.69) is 0 Å². The predicted molar refractivity (Wildman–Crippen MR) is 49.9 cm³/mol. The SMILES string of the molecule is NCc1cc2c(cc1F)OCCCO2. The molecule has 0 spiro atoms. The number of rotatable bonds is 1. The lowest BCUT2D eigenvalue weighted by Gasteiger charge is -2.09. The molecule has 1 aromatic rings. The first-order chi connectivity index (χ1) is 6.81. The number of benzene rings is 1. The Balaban J connectivity index is 2.41. The van der Waals surface area contributed by atoms with Crippen LogP contribution in [0.5, 0.6) is 11.5 Å². The Labute approximate surface area is 81.6 Å². The lowest BCUT2D eigenvalue weighted by Crippen LogP contribution is -2.01. The monoisotopic (exact) mass is 197 g/mol. The highest BCUT2D eigenvalue weighted by molar-refractivity contribution is 5.44. The van der Waals surface area contributed by atoms with E-state index in [9.17, 15) is 4.39 Å². The van der Waals surface area contributed by atoms with Gasteiger partial charge in [-0.1, -0.05) is 0 Å². The van der Waals surface area contributed by atoms with Crippen LogP contribution in [0.4, 0.5) is 4.39 Å². The maximum Gasteiger partial charge on any atom is 0.164 e. The number of fused-ring (bicyclic) bond motifs is 1. The third-order valence-corrected chi connectivity index (χ3v) is 2.14. The molecule has 0 saturated heterocycles. The molecule has 0 unspecified atom stereocenters. The fraction of sp³-hybridized carbons (Fsp3) is 0.400. The van der Waals surface area contributed by atoms with Crippen molar-refractivity contribution in [1.29, 1.82) is 0 Å². The summed E-state index contributed by atoms with van der Waals surface area (Å²) >= 11 is 0. The van der Waals surface area contributed by atoms with Gasteiger partial charge in [-0.2, -0.15) is 0 Å². The van der Waals surface area contributed by atoms with Gasteiger partial charge in [0.25, 0.3) is 0 Å². The first-order valence-corrected chi connectivity index (χ1v) is 4.59. The predicted octanol–water partition coefficient (Wildman–Crippen LogP) is 1.45. The summed E-state index contributed by atoms with van der Waals surface area (Å²) in [6.45, 7) is 1.33. The van der Waals surface area contributed by atoms with Gasteiger partial charge in [0.05, 0.1) is 13.2 Å². The van der Waals surface area contributed by atoms with Crippen molar-refractivity contribution in [2.75, 3.05) is 13.2 Å². The van der Waals surface area contributed by atoms with Gasteiger partial charge in [-0.15, -0.1) is 0 Å². The molecule has 76 valence electrons. The normalized spacial score (nSPS) is 15.0. The zero-order valence-corrected chi connectivity index (χ0v) is 7.75. The Bertz CT molecular complexity index is 341. The summed E-state index contributed by atoms with van der Waals surface area (Å²) < 4.78 is 24.0. The molecule has 0 saturated carbocycles. The minimum absolute atomic E-state index is 0.169. The molecule has 0 aliphatic carbocycles.